The van der Waals surface area contributed by atoms with Crippen LogP contribution in [-0.4, -0.2) is 20.7 Å². The molecule has 2 saturated carbocycles. The normalized spacial score (nSPS) is 22.8. The van der Waals surface area contributed by atoms with Crippen LogP contribution in [0, 0.1) is 17.2 Å². The van der Waals surface area contributed by atoms with Crippen LogP contribution in [0.3, 0.4) is 0 Å². The molecule has 9 heteroatoms. The van der Waals surface area contributed by atoms with Gasteiger partial charge in [-0.3, -0.25) is 9.48 Å². The molecule has 2 aliphatic carbocycles. The Labute approximate surface area is 158 Å². The van der Waals surface area contributed by atoms with Crippen molar-refractivity contribution in [1.29, 1.82) is 0 Å². The highest BCUT2D eigenvalue weighted by atomic mass is 19.4. The number of fused-ring (bicyclic) bond motifs is 1. The van der Waals surface area contributed by atoms with E-state index in [1.807, 2.05) is 0 Å². The summed E-state index contributed by atoms with van der Waals surface area (Å²) in [5.74, 6) is -0.798. The van der Waals surface area contributed by atoms with Gasteiger partial charge in [-0.15, -0.1) is 0 Å². The molecule has 0 unspecified atom stereocenters. The number of carbonyl (C=O) groups excluding carboxylic acids is 1. The van der Waals surface area contributed by atoms with Gasteiger partial charge >= 0.3 is 6.18 Å². The molecule has 2 fully saturated rings. The van der Waals surface area contributed by atoms with E-state index in [0.29, 0.717) is 36.3 Å². The van der Waals surface area contributed by atoms with Crippen LogP contribution in [0.1, 0.15) is 49.5 Å². The number of alkyl halides is 3. The van der Waals surface area contributed by atoms with Crippen molar-refractivity contribution in [3.63, 3.8) is 0 Å². The summed E-state index contributed by atoms with van der Waals surface area (Å²) in [5.41, 5.74) is -0.180. The quantitative estimate of drug-likeness (QED) is 0.805. The van der Waals surface area contributed by atoms with E-state index in [2.05, 4.69) is 15.4 Å². The second kappa shape index (κ2) is 5.78. The van der Waals surface area contributed by atoms with Gasteiger partial charge in [-0.2, -0.15) is 18.3 Å². The number of nitrogens with one attached hydrogen (secondary N) is 1. The van der Waals surface area contributed by atoms with E-state index >= 15 is 0 Å². The van der Waals surface area contributed by atoms with Crippen LogP contribution in [0.5, 0.6) is 0 Å². The summed E-state index contributed by atoms with van der Waals surface area (Å²) in [7, 11) is 0. The second-order valence-electron chi connectivity index (χ2n) is 8.18. The van der Waals surface area contributed by atoms with Crippen LogP contribution in [0.25, 0.3) is 11.3 Å². The number of nitrogens with zero attached hydrogens (tertiary/aromatic N) is 3. The molecule has 0 bridgehead atoms. The van der Waals surface area contributed by atoms with Crippen LogP contribution in [-0.2, 0) is 17.5 Å². The van der Waals surface area contributed by atoms with Gasteiger partial charge < -0.3 is 5.32 Å². The van der Waals surface area contributed by atoms with Crippen molar-refractivity contribution in [3.05, 3.63) is 35.5 Å². The fourth-order valence-corrected chi connectivity index (χ4v) is 4.40. The number of aryl methyl sites for hydroxylation is 1. The Bertz CT molecular complexity index is 955. The van der Waals surface area contributed by atoms with Crippen LogP contribution in [0.4, 0.5) is 17.6 Å². The highest BCUT2D eigenvalue weighted by Crippen LogP contribution is 2.63. The highest BCUT2D eigenvalue weighted by Gasteiger charge is 2.55. The van der Waals surface area contributed by atoms with Crippen molar-refractivity contribution < 1.29 is 22.4 Å². The van der Waals surface area contributed by atoms with Crippen molar-refractivity contribution in [1.82, 2.24) is 20.1 Å². The van der Waals surface area contributed by atoms with E-state index < -0.39 is 17.7 Å². The molecular weight excluding hydrogens is 376 g/mol. The summed E-state index contributed by atoms with van der Waals surface area (Å²) in [6.07, 6.45) is 0.882. The van der Waals surface area contributed by atoms with Crippen molar-refractivity contribution in [2.75, 3.05) is 0 Å². The number of aromatic nitrogens is 3. The number of pyridine rings is 1. The number of halogens is 4. The Morgan fingerprint density at radius 2 is 2.00 bits per heavy atom. The number of hydrogen-bond donors (Lipinski definition) is 1. The molecule has 1 N–H and O–H groups in total. The van der Waals surface area contributed by atoms with Crippen molar-refractivity contribution >= 4 is 5.91 Å². The maximum atomic E-state index is 14.1. The zero-order valence-electron chi connectivity index (χ0n) is 14.9. The van der Waals surface area contributed by atoms with Crippen LogP contribution in [0.15, 0.2) is 18.3 Å². The molecule has 5 nitrogen and oxygen atoms in total. The van der Waals surface area contributed by atoms with Gasteiger partial charge in [0.05, 0.1) is 23.6 Å². The summed E-state index contributed by atoms with van der Waals surface area (Å²) in [4.78, 5) is 15.6. The molecule has 1 spiro atoms. The Morgan fingerprint density at radius 1 is 1.25 bits per heavy atom. The minimum absolute atomic E-state index is 0.0215. The first-order chi connectivity index (χ1) is 13.2. The molecule has 1 aliphatic heterocycles. The monoisotopic (exact) mass is 394 g/mol. The Kier molecular flexibility index (Phi) is 3.64. The minimum Gasteiger partial charge on any atom is -0.347 e. The van der Waals surface area contributed by atoms with E-state index in [-0.39, 0.29) is 29.1 Å². The molecule has 148 valence electrons. The van der Waals surface area contributed by atoms with Gasteiger partial charge in [0, 0.05) is 18.0 Å². The number of hydrogen-bond acceptors (Lipinski definition) is 3. The average molecular weight is 394 g/mol. The largest absolute Gasteiger partial charge is 0.433 e. The SMILES string of the molecule is O=C(N[C@H]1CCn2nc(-c3cc(C(F)(F)F)ncc3F)cc21)C1CC2(CC2)C1. The van der Waals surface area contributed by atoms with Gasteiger partial charge in [0.25, 0.3) is 0 Å². The van der Waals surface area contributed by atoms with Gasteiger partial charge in [-0.1, -0.05) is 0 Å². The van der Waals surface area contributed by atoms with Gasteiger partial charge in [0.2, 0.25) is 5.91 Å². The van der Waals surface area contributed by atoms with Crippen LogP contribution < -0.4 is 5.32 Å². The van der Waals surface area contributed by atoms with Gasteiger partial charge in [0.15, 0.2) is 5.82 Å². The summed E-state index contributed by atoms with van der Waals surface area (Å²) in [5, 5.41) is 7.28. The zero-order valence-corrected chi connectivity index (χ0v) is 14.9. The van der Waals surface area contributed by atoms with Gasteiger partial charge in [0.1, 0.15) is 5.69 Å². The first kappa shape index (κ1) is 17.6. The van der Waals surface area contributed by atoms with E-state index in [9.17, 15) is 22.4 Å². The third kappa shape index (κ3) is 2.87. The Morgan fingerprint density at radius 3 is 2.68 bits per heavy atom. The third-order valence-electron chi connectivity index (χ3n) is 6.22. The lowest BCUT2D eigenvalue weighted by atomic mass is 9.71. The number of rotatable bonds is 3. The fourth-order valence-electron chi connectivity index (χ4n) is 4.40. The summed E-state index contributed by atoms with van der Waals surface area (Å²) in [6, 6.07) is 1.97. The van der Waals surface area contributed by atoms with E-state index in [1.54, 1.807) is 10.7 Å². The molecular formula is C19H18F4N4O. The molecule has 0 radical (unpaired) electrons. The maximum absolute atomic E-state index is 14.1. The van der Waals surface area contributed by atoms with E-state index in [0.717, 1.165) is 12.8 Å². The third-order valence-corrected chi connectivity index (χ3v) is 6.22. The summed E-state index contributed by atoms with van der Waals surface area (Å²) >= 11 is 0. The zero-order chi connectivity index (χ0) is 19.7. The first-order valence-corrected chi connectivity index (χ1v) is 9.35. The van der Waals surface area contributed by atoms with Crippen LogP contribution in [0.2, 0.25) is 0 Å². The smallest absolute Gasteiger partial charge is 0.347 e. The number of amides is 1. The summed E-state index contributed by atoms with van der Waals surface area (Å²) in [6.45, 7) is 0.522. The van der Waals surface area contributed by atoms with Gasteiger partial charge in [-0.25, -0.2) is 9.37 Å². The van der Waals surface area contributed by atoms with Crippen molar-refractivity contribution in [2.24, 2.45) is 11.3 Å². The van der Waals surface area contributed by atoms with Crippen molar-refractivity contribution in [2.45, 2.75) is 50.9 Å². The maximum Gasteiger partial charge on any atom is 0.433 e. The average Bonchev–Trinajstić information content (AvgIpc) is 3.17. The van der Waals surface area contributed by atoms with Crippen LogP contribution >= 0.6 is 0 Å². The molecule has 2 aromatic heterocycles. The number of carbonyl (C=O) groups is 1. The Hall–Kier alpha value is -2.45. The fraction of sp³-hybridized carbons (Fsp3) is 0.526. The predicted octanol–water partition coefficient (Wildman–Crippen LogP) is 3.85. The van der Waals surface area contributed by atoms with Crippen molar-refractivity contribution in [3.8, 4) is 11.3 Å². The van der Waals surface area contributed by atoms with Gasteiger partial charge in [-0.05, 0) is 49.7 Å². The standard InChI is InChI=1S/C19H18F4N4O/c20-12-9-24-16(19(21,22)23)5-11(12)14-6-15-13(1-4-27(15)26-14)25-17(28)10-7-18(8-10)2-3-18/h5-6,9-10,13H,1-4,7-8H2,(H,25,28)/t13-/m0/s1. The lowest BCUT2D eigenvalue weighted by Crippen LogP contribution is -2.40. The van der Waals surface area contributed by atoms with E-state index in [1.165, 1.54) is 12.8 Å². The minimum atomic E-state index is -4.66. The molecule has 0 saturated heterocycles. The topological polar surface area (TPSA) is 59.8 Å². The Balaban J connectivity index is 1.36. The lowest BCUT2D eigenvalue weighted by molar-refractivity contribution is -0.141. The molecule has 28 heavy (non-hydrogen) atoms. The molecule has 0 aromatic carbocycles. The molecule has 3 aliphatic rings. The molecule has 5 rings (SSSR count). The molecule has 3 heterocycles. The highest BCUT2D eigenvalue weighted by molar-refractivity contribution is 5.80. The second-order valence-corrected chi connectivity index (χ2v) is 8.18. The molecule has 1 amide bonds. The lowest BCUT2D eigenvalue weighted by Gasteiger charge is -2.35. The molecule has 1 atom stereocenters. The molecule has 2 aromatic rings. The summed E-state index contributed by atoms with van der Waals surface area (Å²) < 4.78 is 54.4. The predicted molar refractivity (Wildman–Crippen MR) is 90.3 cm³/mol. The first-order valence-electron chi connectivity index (χ1n) is 9.35. The van der Waals surface area contributed by atoms with E-state index in [4.69, 9.17) is 0 Å².